The molecule has 2 aromatic rings. The van der Waals surface area contributed by atoms with E-state index >= 15 is 0 Å². The van der Waals surface area contributed by atoms with Crippen LogP contribution < -0.4 is 10.1 Å². The largest absolute Gasteiger partial charge is 0.477 e. The summed E-state index contributed by atoms with van der Waals surface area (Å²) in [4.78, 5) is 19.7. The lowest BCUT2D eigenvalue weighted by molar-refractivity contribution is -0.0136. The molecule has 1 atom stereocenters. The summed E-state index contributed by atoms with van der Waals surface area (Å²) in [6, 6.07) is 7.80. The lowest BCUT2D eigenvalue weighted by Crippen LogP contribution is -2.46. The average molecular weight is 373 g/mol. The summed E-state index contributed by atoms with van der Waals surface area (Å²) < 4.78 is 11.5. The Hall–Kier alpha value is -2.12. The standard InChI is InChI=1S/C19H23N3O3S/c23-19(22-7-8-24-16(12-22)17-2-1-9-26-17)21-11-15-5-6-20-18(10-15)25-13-14-3-4-14/h1-2,5-6,9-10,14,16H,3-4,7-8,11-13H2,(H,21,23). The van der Waals surface area contributed by atoms with E-state index in [9.17, 15) is 4.79 Å². The summed E-state index contributed by atoms with van der Waals surface area (Å²) in [7, 11) is 0. The van der Waals surface area contributed by atoms with Crippen LogP contribution in [0.3, 0.4) is 0 Å². The topological polar surface area (TPSA) is 63.7 Å². The third-order valence-electron chi connectivity index (χ3n) is 4.62. The molecule has 1 aliphatic heterocycles. The second-order valence-electron chi connectivity index (χ2n) is 6.74. The summed E-state index contributed by atoms with van der Waals surface area (Å²) in [6.07, 6.45) is 4.20. The number of pyridine rings is 1. The molecule has 6 nitrogen and oxygen atoms in total. The van der Waals surface area contributed by atoms with E-state index in [2.05, 4.69) is 16.4 Å². The molecule has 0 spiro atoms. The minimum absolute atomic E-state index is 0.0298. The van der Waals surface area contributed by atoms with Gasteiger partial charge in [0.2, 0.25) is 5.88 Å². The first-order valence-electron chi connectivity index (χ1n) is 9.03. The van der Waals surface area contributed by atoms with Crippen molar-refractivity contribution < 1.29 is 14.3 Å². The Bertz CT molecular complexity index is 733. The van der Waals surface area contributed by atoms with Crippen molar-refractivity contribution in [3.05, 3.63) is 46.3 Å². The molecule has 0 bridgehead atoms. The normalized spacial score (nSPS) is 20.0. The molecule has 1 saturated heterocycles. The lowest BCUT2D eigenvalue weighted by atomic mass is 10.2. The molecule has 1 N–H and O–H groups in total. The van der Waals surface area contributed by atoms with Gasteiger partial charge in [0.05, 0.1) is 19.8 Å². The van der Waals surface area contributed by atoms with Gasteiger partial charge in [0, 0.05) is 30.2 Å². The second kappa shape index (κ2) is 8.05. The molecular weight excluding hydrogens is 350 g/mol. The Morgan fingerprint density at radius 3 is 3.15 bits per heavy atom. The van der Waals surface area contributed by atoms with E-state index in [4.69, 9.17) is 9.47 Å². The number of ether oxygens (including phenoxy) is 2. The zero-order valence-corrected chi connectivity index (χ0v) is 15.4. The molecule has 0 radical (unpaired) electrons. The number of urea groups is 1. The van der Waals surface area contributed by atoms with Crippen molar-refractivity contribution in [3.63, 3.8) is 0 Å². The average Bonchev–Trinajstić information content (AvgIpc) is 3.35. The van der Waals surface area contributed by atoms with Gasteiger partial charge in [0.1, 0.15) is 6.10 Å². The van der Waals surface area contributed by atoms with Crippen LogP contribution in [0.4, 0.5) is 4.79 Å². The molecule has 2 fully saturated rings. The predicted octanol–water partition coefficient (Wildman–Crippen LogP) is 3.22. The number of amides is 2. The minimum Gasteiger partial charge on any atom is -0.477 e. The van der Waals surface area contributed by atoms with Crippen LogP contribution in [0.1, 0.15) is 29.4 Å². The van der Waals surface area contributed by atoms with Gasteiger partial charge in [-0.1, -0.05) is 6.07 Å². The van der Waals surface area contributed by atoms with E-state index in [1.807, 2.05) is 28.5 Å². The Balaban J connectivity index is 1.28. The summed E-state index contributed by atoms with van der Waals surface area (Å²) in [5.74, 6) is 1.32. The maximum Gasteiger partial charge on any atom is 0.317 e. The molecule has 138 valence electrons. The van der Waals surface area contributed by atoms with E-state index in [0.717, 1.165) is 17.0 Å². The maximum atomic E-state index is 12.5. The van der Waals surface area contributed by atoms with Gasteiger partial charge >= 0.3 is 6.03 Å². The molecule has 1 aliphatic carbocycles. The van der Waals surface area contributed by atoms with Gasteiger partial charge < -0.3 is 19.7 Å². The first-order chi connectivity index (χ1) is 12.8. The van der Waals surface area contributed by atoms with Crippen molar-refractivity contribution in [1.82, 2.24) is 15.2 Å². The molecule has 2 amide bonds. The number of hydrogen-bond donors (Lipinski definition) is 1. The quantitative estimate of drug-likeness (QED) is 0.844. The molecule has 7 heteroatoms. The highest BCUT2D eigenvalue weighted by Crippen LogP contribution is 2.29. The van der Waals surface area contributed by atoms with Gasteiger partial charge in [-0.2, -0.15) is 0 Å². The zero-order chi connectivity index (χ0) is 17.8. The summed E-state index contributed by atoms with van der Waals surface area (Å²) in [5, 5.41) is 5.02. The molecule has 2 aliphatic rings. The highest BCUT2D eigenvalue weighted by molar-refractivity contribution is 7.10. The molecule has 1 saturated carbocycles. The Morgan fingerprint density at radius 1 is 1.42 bits per heavy atom. The summed E-state index contributed by atoms with van der Waals surface area (Å²) >= 11 is 1.66. The second-order valence-corrected chi connectivity index (χ2v) is 7.72. The molecule has 2 aromatic heterocycles. The van der Waals surface area contributed by atoms with Gasteiger partial charge in [-0.05, 0) is 41.8 Å². The van der Waals surface area contributed by atoms with Crippen molar-refractivity contribution in [2.24, 2.45) is 5.92 Å². The molecule has 0 aromatic carbocycles. The monoisotopic (exact) mass is 373 g/mol. The molecule has 26 heavy (non-hydrogen) atoms. The van der Waals surface area contributed by atoms with Crippen LogP contribution in [0.15, 0.2) is 35.8 Å². The lowest BCUT2D eigenvalue weighted by Gasteiger charge is -2.32. The number of carbonyl (C=O) groups is 1. The zero-order valence-electron chi connectivity index (χ0n) is 14.6. The third kappa shape index (κ3) is 4.53. The Kier molecular flexibility index (Phi) is 5.36. The Morgan fingerprint density at radius 2 is 2.35 bits per heavy atom. The SMILES string of the molecule is O=C(NCc1ccnc(OCC2CC2)c1)N1CCOC(c2cccs2)C1. The van der Waals surface area contributed by atoms with Gasteiger partial charge in [-0.25, -0.2) is 9.78 Å². The predicted molar refractivity (Wildman–Crippen MR) is 99.3 cm³/mol. The van der Waals surface area contributed by atoms with Gasteiger partial charge in [-0.3, -0.25) is 0 Å². The fourth-order valence-electron chi connectivity index (χ4n) is 2.90. The molecular formula is C19H23N3O3S. The van der Waals surface area contributed by atoms with Crippen molar-refractivity contribution >= 4 is 17.4 Å². The van der Waals surface area contributed by atoms with E-state index in [1.165, 1.54) is 12.8 Å². The number of hydrogen-bond acceptors (Lipinski definition) is 5. The summed E-state index contributed by atoms with van der Waals surface area (Å²) in [6.45, 7) is 2.95. The number of carbonyl (C=O) groups excluding carboxylic acids is 1. The van der Waals surface area contributed by atoms with Crippen molar-refractivity contribution in [3.8, 4) is 5.88 Å². The van der Waals surface area contributed by atoms with Crippen LogP contribution in [-0.4, -0.2) is 42.2 Å². The van der Waals surface area contributed by atoms with Gasteiger partial charge in [-0.15, -0.1) is 11.3 Å². The van der Waals surface area contributed by atoms with Crippen LogP contribution >= 0.6 is 11.3 Å². The number of thiophene rings is 1. The highest BCUT2D eigenvalue weighted by Gasteiger charge is 2.26. The Labute approximate surface area is 157 Å². The number of nitrogens with one attached hydrogen (secondary N) is 1. The first-order valence-corrected chi connectivity index (χ1v) is 9.91. The molecule has 1 unspecified atom stereocenters. The van der Waals surface area contributed by atoms with Crippen molar-refractivity contribution in [2.75, 3.05) is 26.3 Å². The van der Waals surface area contributed by atoms with E-state index in [0.29, 0.717) is 38.0 Å². The number of nitrogens with zero attached hydrogens (tertiary/aromatic N) is 2. The summed E-state index contributed by atoms with van der Waals surface area (Å²) in [5.41, 5.74) is 0.988. The van der Waals surface area contributed by atoms with Crippen LogP contribution in [0.2, 0.25) is 0 Å². The number of rotatable bonds is 6. The van der Waals surface area contributed by atoms with E-state index in [-0.39, 0.29) is 12.1 Å². The number of morpholine rings is 1. The van der Waals surface area contributed by atoms with E-state index < -0.39 is 0 Å². The van der Waals surface area contributed by atoms with Crippen LogP contribution in [0.25, 0.3) is 0 Å². The highest BCUT2D eigenvalue weighted by atomic mass is 32.1. The fourth-order valence-corrected chi connectivity index (χ4v) is 3.66. The van der Waals surface area contributed by atoms with Crippen LogP contribution in [0, 0.1) is 5.92 Å². The third-order valence-corrected chi connectivity index (χ3v) is 5.59. The van der Waals surface area contributed by atoms with Crippen molar-refractivity contribution in [1.29, 1.82) is 0 Å². The smallest absolute Gasteiger partial charge is 0.317 e. The fraction of sp³-hybridized carbons (Fsp3) is 0.474. The van der Waals surface area contributed by atoms with Gasteiger partial charge in [0.25, 0.3) is 0 Å². The van der Waals surface area contributed by atoms with Crippen molar-refractivity contribution in [2.45, 2.75) is 25.5 Å². The minimum atomic E-state index is -0.0629. The molecule has 4 rings (SSSR count). The van der Waals surface area contributed by atoms with Crippen LogP contribution in [-0.2, 0) is 11.3 Å². The molecule has 3 heterocycles. The van der Waals surface area contributed by atoms with Crippen LogP contribution in [0.5, 0.6) is 5.88 Å². The first kappa shape index (κ1) is 17.3. The van der Waals surface area contributed by atoms with Gasteiger partial charge in [0.15, 0.2) is 0 Å². The maximum absolute atomic E-state index is 12.5. The van der Waals surface area contributed by atoms with E-state index in [1.54, 1.807) is 17.5 Å². The number of aromatic nitrogens is 1.